The number of nitrogens with zero attached hydrogens (tertiary/aromatic N) is 6. The van der Waals surface area contributed by atoms with Crippen molar-refractivity contribution in [3.8, 4) is 24.0 Å². The van der Waals surface area contributed by atoms with E-state index >= 15 is 0 Å². The first-order chi connectivity index (χ1) is 17.6. The third-order valence-electron chi connectivity index (χ3n) is 4.72. The molecule has 0 bridgehead atoms. The Labute approximate surface area is 207 Å². The van der Waals surface area contributed by atoms with E-state index in [2.05, 4.69) is 40.5 Å². The van der Waals surface area contributed by atoms with Gasteiger partial charge in [0.15, 0.2) is 0 Å². The molecule has 12 nitrogen and oxygen atoms in total. The Morgan fingerprint density at radius 1 is 0.472 bits per heavy atom. The van der Waals surface area contributed by atoms with E-state index < -0.39 is 0 Å². The van der Waals surface area contributed by atoms with Crippen molar-refractivity contribution in [3.63, 3.8) is 0 Å². The molecule has 0 fully saturated rings. The van der Waals surface area contributed by atoms with Crippen molar-refractivity contribution in [2.45, 2.75) is 0 Å². The summed E-state index contributed by atoms with van der Waals surface area (Å²) in [6, 6.07) is 16.3. The molecule has 0 aliphatic heterocycles. The molecule has 0 saturated heterocycles. The van der Waals surface area contributed by atoms with E-state index in [4.69, 9.17) is 18.9 Å². The highest BCUT2D eigenvalue weighted by Crippen LogP contribution is 2.21. The van der Waals surface area contributed by atoms with Crippen LogP contribution in [0, 0.1) is 0 Å². The monoisotopic (exact) mass is 488 g/mol. The maximum Gasteiger partial charge on any atom is 0.324 e. The van der Waals surface area contributed by atoms with Crippen LogP contribution in [0.2, 0.25) is 0 Å². The molecule has 2 N–H and O–H groups in total. The van der Waals surface area contributed by atoms with Gasteiger partial charge in [0.05, 0.1) is 28.4 Å². The number of hydrogen-bond acceptors (Lipinski definition) is 12. The number of nitrogens with one attached hydrogen (secondary N) is 2. The first-order valence-corrected chi connectivity index (χ1v) is 10.7. The fourth-order valence-corrected chi connectivity index (χ4v) is 2.96. The van der Waals surface area contributed by atoms with Crippen molar-refractivity contribution in [2.75, 3.05) is 39.1 Å². The second-order valence-electron chi connectivity index (χ2n) is 7.09. The Morgan fingerprint density at radius 3 is 1.06 bits per heavy atom. The molecule has 2 aromatic heterocycles. The lowest BCUT2D eigenvalue weighted by molar-refractivity contribution is 0.341. The largest absolute Gasteiger partial charge is 0.467 e. The number of methoxy groups -OCH3 is 4. The first-order valence-electron chi connectivity index (χ1n) is 10.7. The fourth-order valence-electron chi connectivity index (χ4n) is 2.96. The van der Waals surface area contributed by atoms with Crippen LogP contribution in [0.1, 0.15) is 11.1 Å². The van der Waals surface area contributed by atoms with Gasteiger partial charge in [-0.05, 0) is 35.4 Å². The van der Waals surface area contributed by atoms with Gasteiger partial charge >= 0.3 is 24.0 Å². The Morgan fingerprint density at radius 2 is 0.778 bits per heavy atom. The summed E-state index contributed by atoms with van der Waals surface area (Å²) in [5.41, 5.74) is 3.67. The van der Waals surface area contributed by atoms with Crippen molar-refractivity contribution >= 4 is 35.4 Å². The standard InChI is InChI=1S/C24H24N8O4/c1-33-21-27-19(28-22(31-21)34-2)25-17-11-7-15(8-12-17)5-6-16-9-13-18(14-10-16)26-20-29-23(35-3)32-24(30-20)36-4/h5-14H,1-4H3,(H,25,27,28,31)(H,26,29,30,32). The van der Waals surface area contributed by atoms with Crippen molar-refractivity contribution in [1.29, 1.82) is 0 Å². The SMILES string of the molecule is COc1nc(Nc2ccc(C=Cc3ccc(Nc4nc(OC)nc(OC)n4)cc3)cc2)nc(OC)n1. The van der Waals surface area contributed by atoms with Crippen LogP contribution < -0.4 is 29.6 Å². The summed E-state index contributed by atoms with van der Waals surface area (Å²) in [7, 11) is 5.92. The molecule has 2 aromatic carbocycles. The lowest BCUT2D eigenvalue weighted by atomic mass is 10.1. The van der Waals surface area contributed by atoms with Gasteiger partial charge in [-0.25, -0.2) is 0 Å². The molecule has 0 aliphatic rings. The number of benzene rings is 2. The van der Waals surface area contributed by atoms with Gasteiger partial charge in [0.1, 0.15) is 0 Å². The van der Waals surface area contributed by atoms with E-state index in [1.165, 1.54) is 28.4 Å². The summed E-state index contributed by atoms with van der Waals surface area (Å²) in [6.45, 7) is 0. The zero-order valence-electron chi connectivity index (χ0n) is 20.1. The number of ether oxygens (including phenoxy) is 4. The molecule has 0 amide bonds. The van der Waals surface area contributed by atoms with Gasteiger partial charge < -0.3 is 29.6 Å². The Bertz CT molecular complexity index is 1180. The van der Waals surface area contributed by atoms with Crippen LogP contribution >= 0.6 is 0 Å². The Kier molecular flexibility index (Phi) is 7.66. The molecule has 0 radical (unpaired) electrons. The topological polar surface area (TPSA) is 138 Å². The minimum Gasteiger partial charge on any atom is -0.467 e. The van der Waals surface area contributed by atoms with Gasteiger partial charge in [0.2, 0.25) is 11.9 Å². The Hall–Kier alpha value is -5.00. The molecule has 0 saturated carbocycles. The Balaban J connectivity index is 1.38. The smallest absolute Gasteiger partial charge is 0.324 e. The normalized spacial score (nSPS) is 10.7. The highest BCUT2D eigenvalue weighted by atomic mass is 16.5. The summed E-state index contributed by atoms with van der Waals surface area (Å²) < 4.78 is 20.3. The average Bonchev–Trinajstić information content (AvgIpc) is 2.93. The molecule has 0 unspecified atom stereocenters. The molecule has 36 heavy (non-hydrogen) atoms. The van der Waals surface area contributed by atoms with Crippen molar-refractivity contribution in [2.24, 2.45) is 0 Å². The second-order valence-corrected chi connectivity index (χ2v) is 7.09. The molecule has 0 spiro atoms. The zero-order valence-corrected chi connectivity index (χ0v) is 20.1. The molecular formula is C24H24N8O4. The number of hydrogen-bond donors (Lipinski definition) is 2. The van der Waals surface area contributed by atoms with Gasteiger partial charge in [0, 0.05) is 11.4 Å². The number of rotatable bonds is 10. The van der Waals surface area contributed by atoms with Crippen molar-refractivity contribution in [3.05, 3.63) is 59.7 Å². The van der Waals surface area contributed by atoms with E-state index in [1.54, 1.807) is 0 Å². The average molecular weight is 489 g/mol. The van der Waals surface area contributed by atoms with Gasteiger partial charge in [-0.2, -0.15) is 19.9 Å². The van der Waals surface area contributed by atoms with Crippen LogP contribution in [0.25, 0.3) is 12.2 Å². The molecule has 0 aliphatic carbocycles. The van der Waals surface area contributed by atoms with Crippen molar-refractivity contribution < 1.29 is 18.9 Å². The molecule has 12 heteroatoms. The maximum atomic E-state index is 5.07. The van der Waals surface area contributed by atoms with E-state index in [9.17, 15) is 0 Å². The minimum atomic E-state index is 0.165. The predicted octanol–water partition coefficient (Wildman–Crippen LogP) is 3.75. The van der Waals surface area contributed by atoms with Gasteiger partial charge in [-0.15, -0.1) is 9.97 Å². The van der Waals surface area contributed by atoms with E-state index in [0.717, 1.165) is 22.5 Å². The van der Waals surface area contributed by atoms with Crippen LogP contribution in [0.4, 0.5) is 23.3 Å². The van der Waals surface area contributed by atoms with E-state index in [-0.39, 0.29) is 24.0 Å². The van der Waals surface area contributed by atoms with E-state index in [0.29, 0.717) is 11.9 Å². The number of anilines is 4. The lowest BCUT2D eigenvalue weighted by Gasteiger charge is -2.08. The molecule has 4 rings (SSSR count). The quantitative estimate of drug-likeness (QED) is 0.314. The first kappa shape index (κ1) is 24.1. The van der Waals surface area contributed by atoms with Gasteiger partial charge in [-0.3, -0.25) is 0 Å². The fraction of sp³-hybridized carbons (Fsp3) is 0.167. The van der Waals surface area contributed by atoms with Gasteiger partial charge in [-0.1, -0.05) is 36.4 Å². The predicted molar refractivity (Wildman–Crippen MR) is 134 cm³/mol. The second kappa shape index (κ2) is 11.4. The molecule has 2 heterocycles. The molecule has 4 aromatic rings. The zero-order chi connectivity index (χ0) is 25.3. The summed E-state index contributed by atoms with van der Waals surface area (Å²) in [4.78, 5) is 24.6. The van der Waals surface area contributed by atoms with Gasteiger partial charge in [0.25, 0.3) is 0 Å². The van der Waals surface area contributed by atoms with Crippen LogP contribution in [0.15, 0.2) is 48.5 Å². The lowest BCUT2D eigenvalue weighted by Crippen LogP contribution is -2.03. The van der Waals surface area contributed by atoms with Crippen LogP contribution in [-0.2, 0) is 0 Å². The van der Waals surface area contributed by atoms with E-state index in [1.807, 2.05) is 60.7 Å². The maximum absolute atomic E-state index is 5.07. The van der Waals surface area contributed by atoms with Crippen molar-refractivity contribution in [1.82, 2.24) is 29.9 Å². The molecule has 0 atom stereocenters. The van der Waals surface area contributed by atoms with Crippen LogP contribution in [0.5, 0.6) is 24.0 Å². The summed E-state index contributed by atoms with van der Waals surface area (Å²) in [5.74, 6) is 0.648. The summed E-state index contributed by atoms with van der Waals surface area (Å²) in [5, 5.41) is 6.22. The summed E-state index contributed by atoms with van der Waals surface area (Å²) in [6.07, 6.45) is 4.03. The number of aromatic nitrogens is 6. The summed E-state index contributed by atoms with van der Waals surface area (Å²) >= 11 is 0. The third-order valence-corrected chi connectivity index (χ3v) is 4.72. The highest BCUT2D eigenvalue weighted by Gasteiger charge is 2.08. The third kappa shape index (κ3) is 6.32. The minimum absolute atomic E-state index is 0.165. The molecular weight excluding hydrogens is 464 g/mol. The molecule has 184 valence electrons. The highest BCUT2D eigenvalue weighted by molar-refractivity contribution is 5.72. The van der Waals surface area contributed by atoms with Crippen LogP contribution in [0.3, 0.4) is 0 Å². The van der Waals surface area contributed by atoms with Crippen LogP contribution in [-0.4, -0.2) is 58.3 Å².